The molecule has 0 fully saturated rings. The van der Waals surface area contributed by atoms with Crippen molar-refractivity contribution in [3.05, 3.63) is 355 Å². The lowest BCUT2D eigenvalue weighted by Crippen LogP contribution is -2.18. The van der Waals surface area contributed by atoms with Crippen LogP contribution in [0.3, 0.4) is 0 Å². The molecule has 1 aliphatic carbocycles. The third kappa shape index (κ3) is 17.4. The summed E-state index contributed by atoms with van der Waals surface area (Å²) in [7, 11) is 0. The topological polar surface area (TPSA) is 111 Å². The second-order valence-electron chi connectivity index (χ2n) is 36.7. The third-order valence-corrected chi connectivity index (χ3v) is 22.6. The minimum absolute atomic E-state index is 0.210. The molecule has 10 aromatic carbocycles. The van der Waals surface area contributed by atoms with Crippen LogP contribution in [-0.4, -0.2) is 24.9 Å². The number of nitrogens with zero attached hydrogens (tertiary/aromatic N) is 5. The Hall–Kier alpha value is -11.8. The lowest BCUT2D eigenvalue weighted by Gasteiger charge is -2.29. The van der Waals surface area contributed by atoms with Gasteiger partial charge < -0.3 is 23.7 Å². The quantitative estimate of drug-likeness (QED) is 0.0984. The van der Waals surface area contributed by atoms with Crippen LogP contribution in [0.1, 0.15) is 216 Å². The van der Waals surface area contributed by atoms with Crippen LogP contribution in [-0.2, 0) is 92.2 Å². The molecule has 5 heterocycles. The fourth-order valence-corrected chi connectivity index (χ4v) is 15.9. The van der Waals surface area contributed by atoms with E-state index in [-0.39, 0.29) is 60.1 Å². The molecule has 0 saturated carbocycles. The van der Waals surface area contributed by atoms with Crippen LogP contribution in [0, 0.1) is 0 Å². The number of benzene rings is 10. The average Bonchev–Trinajstić information content (AvgIpc) is 0.760. The zero-order chi connectivity index (χ0) is 80.1. The SMILES string of the molecule is CC(C)(C)c1cc2c(OCc3ccc4ccccc4n3)c(c1)Cc1cc(C(C)(C)C)cc(c1OCc1ccc3ccccc3n1)Cc1cc(C(C)(C)C)cc(c1OCc1ccc3ccccc3n1)Cc1cc(C(C)(C)C)cc(c1OCc1ccc3ccccc3n1)Cc1cc(C(C)(C)C)cc(c1OCc1ccc3ccccc3n1)C2. The summed E-state index contributed by atoms with van der Waals surface area (Å²) in [5.74, 6) is 3.93. The molecule has 0 aliphatic heterocycles. The first-order valence-corrected chi connectivity index (χ1v) is 40.7. The summed E-state index contributed by atoms with van der Waals surface area (Å²) in [6, 6.07) is 86.8. The lowest BCUT2D eigenvalue weighted by molar-refractivity contribution is 0.289. The van der Waals surface area contributed by atoms with Gasteiger partial charge in [0.15, 0.2) is 0 Å². The smallest absolute Gasteiger partial charge is 0.130 e. The van der Waals surface area contributed by atoms with Crippen molar-refractivity contribution in [1.29, 1.82) is 0 Å². The Morgan fingerprint density at radius 1 is 0.200 bits per heavy atom. The average molecular weight is 1520 g/mol. The van der Waals surface area contributed by atoms with E-state index in [0.717, 1.165) is 167 Å². The van der Waals surface area contributed by atoms with Gasteiger partial charge in [-0.25, -0.2) is 24.9 Å². The van der Waals surface area contributed by atoms with E-state index in [1.54, 1.807) is 0 Å². The number of pyridine rings is 5. The van der Waals surface area contributed by atoms with Gasteiger partial charge in [0, 0.05) is 59.0 Å². The number of hydrogen-bond donors (Lipinski definition) is 0. The van der Waals surface area contributed by atoms with Gasteiger partial charge in [-0.1, -0.05) is 286 Å². The summed E-state index contributed by atoms with van der Waals surface area (Å²) in [5.41, 5.74) is 23.2. The summed E-state index contributed by atoms with van der Waals surface area (Å²) < 4.78 is 38.4. The van der Waals surface area contributed by atoms with Gasteiger partial charge in [-0.05, 0) is 171 Å². The third-order valence-electron chi connectivity index (χ3n) is 22.6. The Bertz CT molecular complexity index is 5210. The summed E-state index contributed by atoms with van der Waals surface area (Å²) in [5, 5.41) is 5.34. The maximum absolute atomic E-state index is 7.69. The molecule has 0 N–H and O–H groups in total. The Balaban J connectivity index is 1.00. The molecular weight excluding hydrogens is 1410 g/mol. The monoisotopic (exact) mass is 1520 g/mol. The zero-order valence-corrected chi connectivity index (χ0v) is 69.4. The van der Waals surface area contributed by atoms with E-state index in [9.17, 15) is 0 Å². The van der Waals surface area contributed by atoms with Crippen LogP contribution >= 0.6 is 0 Å². The molecule has 10 heteroatoms. The molecule has 0 radical (unpaired) electrons. The van der Waals surface area contributed by atoms with Gasteiger partial charge in [-0.2, -0.15) is 0 Å². The van der Waals surface area contributed by atoms with Gasteiger partial charge in [0.1, 0.15) is 61.8 Å². The van der Waals surface area contributed by atoms with Crippen LogP contribution in [0.15, 0.2) is 243 Å². The Morgan fingerprint density at radius 2 is 0.348 bits per heavy atom. The summed E-state index contributed by atoms with van der Waals surface area (Å²) in [6.45, 7) is 35.8. The predicted molar refractivity (Wildman–Crippen MR) is 470 cm³/mol. The highest BCUT2D eigenvalue weighted by molar-refractivity contribution is 5.82. The van der Waals surface area contributed by atoms with Crippen molar-refractivity contribution in [3.8, 4) is 28.7 Å². The van der Waals surface area contributed by atoms with Gasteiger partial charge in [0.25, 0.3) is 0 Å². The fourth-order valence-electron chi connectivity index (χ4n) is 15.9. The van der Waals surface area contributed by atoms with E-state index in [1.165, 1.54) is 27.8 Å². The van der Waals surface area contributed by atoms with Crippen molar-refractivity contribution in [2.24, 2.45) is 0 Å². The van der Waals surface area contributed by atoms with Gasteiger partial charge in [-0.3, -0.25) is 0 Å². The number of ether oxygens (including phenoxy) is 5. The molecule has 16 rings (SSSR count). The second kappa shape index (κ2) is 31.2. The highest BCUT2D eigenvalue weighted by Crippen LogP contribution is 2.47. The Morgan fingerprint density at radius 3 is 0.496 bits per heavy atom. The van der Waals surface area contributed by atoms with Crippen molar-refractivity contribution < 1.29 is 23.7 Å². The van der Waals surface area contributed by atoms with E-state index < -0.39 is 0 Å². The summed E-state index contributed by atoms with van der Waals surface area (Å²) >= 11 is 0. The van der Waals surface area contributed by atoms with E-state index in [2.05, 4.69) is 316 Å². The maximum atomic E-state index is 7.69. The van der Waals surface area contributed by atoms with Crippen molar-refractivity contribution in [2.75, 3.05) is 0 Å². The molecule has 1 aliphatic rings. The molecule has 0 spiro atoms. The second-order valence-corrected chi connectivity index (χ2v) is 36.7. The standard InChI is InChI=1S/C105H105N5O5/c1-101(2,3)81-51-71-46-73-53-82(102(4,5)6)55-75(97(73)112-62-87-42-37-67-27-17-22-32-92(67)107-87)48-77-57-84(104(10,11)12)59-79(99(77)114-64-89-44-39-69-29-19-24-34-94(69)109-89)50-80-60-85(105(13,14)15)58-78(100(80)115-65-90-45-40-70-30-20-25-35-95(70)110-90)49-76-56-83(103(7,8)9)54-74(98(76)113-63-88-43-38-68-28-18-23-33-93(68)108-88)47-72(52-81)96(71)111-61-86-41-36-66-26-16-21-31-91(66)106-86/h16-45,51-60H,46-50,61-65H2,1-15H3. The van der Waals surface area contributed by atoms with Crippen LogP contribution in [0.2, 0.25) is 0 Å². The van der Waals surface area contributed by atoms with Crippen LogP contribution in [0.4, 0.5) is 0 Å². The van der Waals surface area contributed by atoms with Gasteiger partial charge >= 0.3 is 0 Å². The fraction of sp³-hybridized carbons (Fsp3) is 0.286. The number of hydrogen-bond acceptors (Lipinski definition) is 10. The molecule has 0 saturated heterocycles. The van der Waals surface area contributed by atoms with Crippen molar-refractivity contribution in [1.82, 2.24) is 24.9 Å². The van der Waals surface area contributed by atoms with E-state index >= 15 is 0 Å². The largest absolute Gasteiger partial charge is 0.487 e. The lowest BCUT2D eigenvalue weighted by atomic mass is 9.79. The van der Waals surface area contributed by atoms with Gasteiger partial charge in [-0.15, -0.1) is 0 Å². The molecule has 0 unspecified atom stereocenters. The van der Waals surface area contributed by atoms with Gasteiger partial charge in [0.2, 0.25) is 0 Å². The molecule has 0 amide bonds. The zero-order valence-electron chi connectivity index (χ0n) is 69.4. The van der Waals surface area contributed by atoms with E-state index in [1.807, 2.05) is 30.3 Å². The number of aromatic nitrogens is 5. The highest BCUT2D eigenvalue weighted by Gasteiger charge is 2.32. The summed E-state index contributed by atoms with van der Waals surface area (Å²) in [4.78, 5) is 26.4. The number of rotatable bonds is 15. The molecule has 10 bridgehead atoms. The molecule has 580 valence electrons. The molecular formula is C105H105N5O5. The van der Waals surface area contributed by atoms with Crippen molar-refractivity contribution >= 4 is 54.5 Å². The van der Waals surface area contributed by atoms with E-state index in [4.69, 9.17) is 48.6 Å². The Kier molecular flexibility index (Phi) is 21.0. The van der Waals surface area contributed by atoms with Gasteiger partial charge in [0.05, 0.1) is 56.1 Å². The normalized spacial score (nSPS) is 13.0. The first-order chi connectivity index (χ1) is 55.0. The van der Waals surface area contributed by atoms with Crippen LogP contribution in [0.5, 0.6) is 28.7 Å². The first-order valence-electron chi connectivity index (χ1n) is 40.7. The molecule has 15 aromatic rings. The van der Waals surface area contributed by atoms with Crippen molar-refractivity contribution in [2.45, 2.75) is 196 Å². The molecule has 5 aromatic heterocycles. The highest BCUT2D eigenvalue weighted by atomic mass is 16.5. The Labute approximate surface area is 678 Å². The molecule has 10 nitrogen and oxygen atoms in total. The predicted octanol–water partition coefficient (Wildman–Crippen LogP) is 25.1. The van der Waals surface area contributed by atoms with Crippen LogP contribution < -0.4 is 23.7 Å². The molecule has 0 atom stereocenters. The number of para-hydroxylation sites is 5. The first kappa shape index (κ1) is 77.2. The number of fused-ring (bicyclic) bond motifs is 15. The van der Waals surface area contributed by atoms with Crippen molar-refractivity contribution in [3.63, 3.8) is 0 Å². The molecule has 115 heavy (non-hydrogen) atoms. The van der Waals surface area contributed by atoms with Crippen LogP contribution in [0.25, 0.3) is 54.5 Å². The minimum Gasteiger partial charge on any atom is -0.487 e. The van der Waals surface area contributed by atoms with E-state index in [0.29, 0.717) is 32.1 Å². The maximum Gasteiger partial charge on any atom is 0.130 e. The minimum atomic E-state index is -0.322. The summed E-state index contributed by atoms with van der Waals surface area (Å²) in [6.07, 6.45) is 2.25.